The lowest BCUT2D eigenvalue weighted by molar-refractivity contribution is -0.132. The standard InChI is InChI=1S/C12H12N2O3/c15-10-6-2-1-5-9(10)14-12(17)8-4-3-7-13-11(8)16/h1-3,5-8,15H,4H2,(H,13,16)(H,14,17). The normalized spacial score (nSPS) is 18.6. The average Bonchev–Trinajstić information content (AvgIpc) is 2.32. The fraction of sp³-hybridized carbons (Fsp3) is 0.167. The van der Waals surface area contributed by atoms with E-state index in [1.54, 1.807) is 24.3 Å². The molecule has 0 saturated heterocycles. The molecular formula is C12H12N2O3. The summed E-state index contributed by atoms with van der Waals surface area (Å²) in [5, 5.41) is 14.5. The first kappa shape index (κ1) is 11.2. The molecule has 0 aliphatic carbocycles. The average molecular weight is 232 g/mol. The molecule has 0 fully saturated rings. The molecule has 17 heavy (non-hydrogen) atoms. The largest absolute Gasteiger partial charge is 0.506 e. The van der Waals surface area contributed by atoms with Crippen LogP contribution in [-0.4, -0.2) is 16.9 Å². The highest BCUT2D eigenvalue weighted by Crippen LogP contribution is 2.23. The lowest BCUT2D eigenvalue weighted by Gasteiger charge is -2.17. The molecule has 88 valence electrons. The molecule has 1 aliphatic heterocycles. The van der Waals surface area contributed by atoms with E-state index in [2.05, 4.69) is 10.6 Å². The predicted molar refractivity (Wildman–Crippen MR) is 62.1 cm³/mol. The van der Waals surface area contributed by atoms with Crippen LogP contribution in [0.4, 0.5) is 5.69 Å². The van der Waals surface area contributed by atoms with Crippen molar-refractivity contribution >= 4 is 17.5 Å². The second-order valence-electron chi connectivity index (χ2n) is 3.71. The zero-order chi connectivity index (χ0) is 12.3. The third-order valence-electron chi connectivity index (χ3n) is 2.51. The van der Waals surface area contributed by atoms with Crippen molar-refractivity contribution in [2.75, 3.05) is 5.32 Å². The Morgan fingerprint density at radius 3 is 2.88 bits per heavy atom. The number of rotatable bonds is 2. The van der Waals surface area contributed by atoms with Crippen molar-refractivity contribution < 1.29 is 14.7 Å². The predicted octanol–water partition coefficient (Wildman–Crippen LogP) is 0.980. The fourth-order valence-corrected chi connectivity index (χ4v) is 1.58. The van der Waals surface area contributed by atoms with Crippen molar-refractivity contribution in [2.45, 2.75) is 6.42 Å². The first-order valence-electron chi connectivity index (χ1n) is 5.23. The molecule has 0 bridgehead atoms. The molecule has 2 rings (SSSR count). The molecule has 0 radical (unpaired) electrons. The van der Waals surface area contributed by atoms with Gasteiger partial charge in [-0.15, -0.1) is 0 Å². The van der Waals surface area contributed by atoms with Crippen LogP contribution >= 0.6 is 0 Å². The van der Waals surface area contributed by atoms with Crippen LogP contribution in [0.15, 0.2) is 36.5 Å². The van der Waals surface area contributed by atoms with Crippen molar-refractivity contribution in [2.24, 2.45) is 5.92 Å². The van der Waals surface area contributed by atoms with Gasteiger partial charge in [-0.25, -0.2) is 0 Å². The summed E-state index contributed by atoms with van der Waals surface area (Å²) in [4.78, 5) is 23.2. The van der Waals surface area contributed by atoms with Crippen LogP contribution in [0.25, 0.3) is 0 Å². The van der Waals surface area contributed by atoms with Gasteiger partial charge in [-0.2, -0.15) is 0 Å². The van der Waals surface area contributed by atoms with E-state index >= 15 is 0 Å². The summed E-state index contributed by atoms with van der Waals surface area (Å²) >= 11 is 0. The molecule has 2 amide bonds. The van der Waals surface area contributed by atoms with Gasteiger partial charge in [0.2, 0.25) is 11.8 Å². The van der Waals surface area contributed by atoms with Crippen LogP contribution in [0.3, 0.4) is 0 Å². The van der Waals surface area contributed by atoms with Crippen LogP contribution in [0.5, 0.6) is 5.75 Å². The lowest BCUT2D eigenvalue weighted by atomic mass is 10.0. The number of allylic oxidation sites excluding steroid dienone is 1. The molecule has 0 aromatic heterocycles. The minimum atomic E-state index is -0.750. The topological polar surface area (TPSA) is 78.4 Å². The molecule has 1 aromatic rings. The molecule has 1 aromatic carbocycles. The number of para-hydroxylation sites is 2. The zero-order valence-corrected chi connectivity index (χ0v) is 9.01. The van der Waals surface area contributed by atoms with E-state index in [0.717, 1.165) is 0 Å². The highest BCUT2D eigenvalue weighted by Gasteiger charge is 2.27. The van der Waals surface area contributed by atoms with E-state index in [0.29, 0.717) is 12.1 Å². The van der Waals surface area contributed by atoms with Gasteiger partial charge in [-0.1, -0.05) is 18.2 Å². The van der Waals surface area contributed by atoms with E-state index in [-0.39, 0.29) is 11.7 Å². The van der Waals surface area contributed by atoms with E-state index < -0.39 is 11.8 Å². The third-order valence-corrected chi connectivity index (χ3v) is 2.51. The molecule has 0 saturated carbocycles. The first-order chi connectivity index (χ1) is 8.18. The Kier molecular flexibility index (Phi) is 3.09. The second kappa shape index (κ2) is 4.69. The number of carbonyl (C=O) groups is 2. The number of carbonyl (C=O) groups excluding carboxylic acids is 2. The number of anilines is 1. The number of phenolic OH excluding ortho intramolecular Hbond substituents is 1. The zero-order valence-electron chi connectivity index (χ0n) is 9.01. The maximum absolute atomic E-state index is 11.8. The summed E-state index contributed by atoms with van der Waals surface area (Å²) in [5.41, 5.74) is 0.305. The number of benzene rings is 1. The summed E-state index contributed by atoms with van der Waals surface area (Å²) in [6, 6.07) is 6.39. The minimum absolute atomic E-state index is 0.0207. The summed E-state index contributed by atoms with van der Waals surface area (Å²) in [5.74, 6) is -1.53. The van der Waals surface area contributed by atoms with Crippen LogP contribution in [-0.2, 0) is 9.59 Å². The Labute approximate surface area is 98.1 Å². The van der Waals surface area contributed by atoms with Gasteiger partial charge in [-0.3, -0.25) is 9.59 Å². The number of hydrogen-bond donors (Lipinski definition) is 3. The van der Waals surface area contributed by atoms with Gasteiger partial charge in [0.15, 0.2) is 0 Å². The van der Waals surface area contributed by atoms with Crippen molar-refractivity contribution in [1.82, 2.24) is 5.32 Å². The molecule has 5 heteroatoms. The maximum Gasteiger partial charge on any atom is 0.237 e. The van der Waals surface area contributed by atoms with Gasteiger partial charge in [0.05, 0.1) is 5.69 Å². The van der Waals surface area contributed by atoms with Crippen LogP contribution in [0.1, 0.15) is 6.42 Å². The van der Waals surface area contributed by atoms with Gasteiger partial charge < -0.3 is 15.7 Å². The Morgan fingerprint density at radius 2 is 2.18 bits per heavy atom. The highest BCUT2D eigenvalue weighted by molar-refractivity contribution is 6.07. The molecule has 0 spiro atoms. The quantitative estimate of drug-likeness (QED) is 0.525. The number of hydrogen-bond acceptors (Lipinski definition) is 3. The monoisotopic (exact) mass is 232 g/mol. The Morgan fingerprint density at radius 1 is 1.41 bits per heavy atom. The number of nitrogens with one attached hydrogen (secondary N) is 2. The fourth-order valence-electron chi connectivity index (χ4n) is 1.58. The first-order valence-corrected chi connectivity index (χ1v) is 5.23. The molecule has 3 N–H and O–H groups in total. The maximum atomic E-state index is 11.8. The van der Waals surface area contributed by atoms with E-state index in [1.165, 1.54) is 12.3 Å². The summed E-state index contributed by atoms with van der Waals surface area (Å²) < 4.78 is 0. The van der Waals surface area contributed by atoms with Gasteiger partial charge >= 0.3 is 0 Å². The molecular weight excluding hydrogens is 220 g/mol. The lowest BCUT2D eigenvalue weighted by Crippen LogP contribution is -2.37. The summed E-state index contributed by atoms with van der Waals surface area (Å²) in [7, 11) is 0. The SMILES string of the molecule is O=C1NC=CCC1C(=O)Nc1ccccc1O. The summed E-state index contributed by atoms with van der Waals surface area (Å²) in [6.45, 7) is 0. The van der Waals surface area contributed by atoms with Crippen LogP contribution < -0.4 is 10.6 Å². The molecule has 1 atom stereocenters. The Hall–Kier alpha value is -2.30. The second-order valence-corrected chi connectivity index (χ2v) is 3.71. The van der Waals surface area contributed by atoms with Gasteiger partial charge in [0, 0.05) is 0 Å². The minimum Gasteiger partial charge on any atom is -0.506 e. The number of amides is 2. The van der Waals surface area contributed by atoms with Crippen LogP contribution in [0, 0.1) is 5.92 Å². The van der Waals surface area contributed by atoms with E-state index in [1.807, 2.05) is 0 Å². The van der Waals surface area contributed by atoms with Gasteiger partial charge in [0.25, 0.3) is 0 Å². The Balaban J connectivity index is 2.09. The van der Waals surface area contributed by atoms with E-state index in [9.17, 15) is 14.7 Å². The van der Waals surface area contributed by atoms with Crippen LogP contribution in [0.2, 0.25) is 0 Å². The third kappa shape index (κ3) is 2.44. The van der Waals surface area contributed by atoms with Crippen molar-refractivity contribution in [3.05, 3.63) is 36.5 Å². The van der Waals surface area contributed by atoms with Gasteiger partial charge in [-0.05, 0) is 24.8 Å². The molecule has 5 nitrogen and oxygen atoms in total. The molecule has 1 heterocycles. The molecule has 1 aliphatic rings. The van der Waals surface area contributed by atoms with E-state index in [4.69, 9.17) is 0 Å². The smallest absolute Gasteiger partial charge is 0.237 e. The van der Waals surface area contributed by atoms with Crippen molar-refractivity contribution in [1.29, 1.82) is 0 Å². The van der Waals surface area contributed by atoms with Crippen molar-refractivity contribution in [3.8, 4) is 5.75 Å². The number of phenols is 1. The highest BCUT2D eigenvalue weighted by atomic mass is 16.3. The summed E-state index contributed by atoms with van der Waals surface area (Å²) in [6.07, 6.45) is 3.61. The Bertz CT molecular complexity index is 482. The van der Waals surface area contributed by atoms with Gasteiger partial charge in [0.1, 0.15) is 11.7 Å². The van der Waals surface area contributed by atoms with Crippen molar-refractivity contribution in [3.63, 3.8) is 0 Å². The molecule has 1 unspecified atom stereocenters. The number of aromatic hydroxyl groups is 1.